The number of benzene rings is 2. The molecule has 2 aromatic carbocycles. The van der Waals surface area contributed by atoms with Gasteiger partial charge in [0.25, 0.3) is 5.56 Å². The minimum absolute atomic E-state index is 0.0698. The molecule has 7 heteroatoms. The third kappa shape index (κ3) is 4.77. The summed E-state index contributed by atoms with van der Waals surface area (Å²) in [6, 6.07) is 18.9. The Balaban J connectivity index is 1.62. The van der Waals surface area contributed by atoms with Crippen LogP contribution in [0.1, 0.15) is 16.8 Å². The number of aromatic nitrogens is 2. The van der Waals surface area contributed by atoms with Crippen molar-refractivity contribution in [2.45, 2.75) is 19.6 Å². The molecule has 0 saturated carbocycles. The average Bonchev–Trinajstić information content (AvgIpc) is 2.82. The number of nitrogens with one attached hydrogen (secondary N) is 1. The first kappa shape index (κ1) is 21.9. The molecule has 32 heavy (non-hydrogen) atoms. The molecule has 0 radical (unpaired) electrons. The van der Waals surface area contributed by atoms with Gasteiger partial charge in [0, 0.05) is 41.5 Å². The van der Waals surface area contributed by atoms with E-state index in [4.69, 9.17) is 21.1 Å². The van der Waals surface area contributed by atoms with Crippen LogP contribution >= 0.6 is 11.6 Å². The number of hydrogen-bond acceptors (Lipinski definition) is 5. The summed E-state index contributed by atoms with van der Waals surface area (Å²) in [5.41, 5.74) is 3.18. The van der Waals surface area contributed by atoms with Crippen molar-refractivity contribution in [3.63, 3.8) is 0 Å². The van der Waals surface area contributed by atoms with Crippen LogP contribution in [0.5, 0.6) is 11.5 Å². The highest BCUT2D eigenvalue weighted by Crippen LogP contribution is 2.24. The highest BCUT2D eigenvalue weighted by molar-refractivity contribution is 6.31. The van der Waals surface area contributed by atoms with Crippen LogP contribution in [-0.2, 0) is 19.6 Å². The van der Waals surface area contributed by atoms with E-state index in [9.17, 15) is 4.79 Å². The number of pyridine rings is 2. The molecule has 0 fully saturated rings. The molecule has 4 rings (SSSR count). The topological polar surface area (TPSA) is 65.4 Å². The number of ether oxygens (including phenoxy) is 2. The van der Waals surface area contributed by atoms with Crippen molar-refractivity contribution in [1.29, 1.82) is 0 Å². The quantitative estimate of drug-likeness (QED) is 0.431. The molecule has 4 aromatic rings. The van der Waals surface area contributed by atoms with Gasteiger partial charge in [-0.15, -0.1) is 0 Å². The molecule has 164 valence electrons. The molecule has 0 unspecified atom stereocenters. The predicted octanol–water partition coefficient (Wildman–Crippen LogP) is 4.41. The van der Waals surface area contributed by atoms with Gasteiger partial charge in [0.2, 0.25) is 0 Å². The number of fused-ring (bicyclic) bond motifs is 1. The van der Waals surface area contributed by atoms with E-state index in [1.807, 2.05) is 60.7 Å². The Kier molecular flexibility index (Phi) is 6.73. The van der Waals surface area contributed by atoms with Gasteiger partial charge in [-0.25, -0.2) is 0 Å². The Morgan fingerprint density at radius 2 is 1.81 bits per heavy atom. The Morgan fingerprint density at radius 1 is 0.969 bits per heavy atom. The molecule has 0 aliphatic rings. The fourth-order valence-corrected chi connectivity index (χ4v) is 3.84. The van der Waals surface area contributed by atoms with Gasteiger partial charge in [-0.3, -0.25) is 9.78 Å². The molecular formula is C25H24ClN3O3. The lowest BCUT2D eigenvalue weighted by atomic mass is 10.1. The van der Waals surface area contributed by atoms with Gasteiger partial charge in [0.1, 0.15) is 11.5 Å². The zero-order chi connectivity index (χ0) is 22.5. The molecule has 0 amide bonds. The number of rotatable bonds is 8. The minimum atomic E-state index is -0.0698. The maximum atomic E-state index is 13.4. The lowest BCUT2D eigenvalue weighted by Crippen LogP contribution is -2.28. The van der Waals surface area contributed by atoms with Crippen molar-refractivity contribution in [1.82, 2.24) is 14.9 Å². The molecule has 2 aromatic heterocycles. The normalized spacial score (nSPS) is 11.0. The van der Waals surface area contributed by atoms with Crippen LogP contribution in [0.3, 0.4) is 0 Å². The minimum Gasteiger partial charge on any atom is -0.497 e. The first-order chi connectivity index (χ1) is 15.6. The van der Waals surface area contributed by atoms with Gasteiger partial charge in [0.15, 0.2) is 0 Å². The first-order valence-corrected chi connectivity index (χ1v) is 10.6. The second-order valence-corrected chi connectivity index (χ2v) is 7.80. The summed E-state index contributed by atoms with van der Waals surface area (Å²) in [6.45, 7) is 1.33. The summed E-state index contributed by atoms with van der Waals surface area (Å²) in [7, 11) is 3.25. The third-order valence-corrected chi connectivity index (χ3v) is 5.54. The van der Waals surface area contributed by atoms with E-state index in [2.05, 4.69) is 10.3 Å². The van der Waals surface area contributed by atoms with E-state index < -0.39 is 0 Å². The van der Waals surface area contributed by atoms with Crippen LogP contribution in [0.25, 0.3) is 10.9 Å². The van der Waals surface area contributed by atoms with E-state index in [0.717, 1.165) is 33.7 Å². The Hall–Kier alpha value is -3.35. The standard InChI is InChI=1S/C25H24ClN3O3/c1-31-22-9-7-18(24(13-22)32-2)14-27-15-19-11-17-6-8-20(26)12-23(17)29(25(19)30)16-21-5-3-4-10-28-21/h3-13,27H,14-16H2,1-2H3. The van der Waals surface area contributed by atoms with E-state index in [0.29, 0.717) is 30.2 Å². The van der Waals surface area contributed by atoms with Crippen molar-refractivity contribution < 1.29 is 9.47 Å². The highest BCUT2D eigenvalue weighted by Gasteiger charge is 2.12. The lowest BCUT2D eigenvalue weighted by molar-refractivity contribution is 0.389. The molecule has 1 N–H and O–H groups in total. The summed E-state index contributed by atoms with van der Waals surface area (Å²) < 4.78 is 12.4. The summed E-state index contributed by atoms with van der Waals surface area (Å²) in [5.74, 6) is 1.47. The fourth-order valence-electron chi connectivity index (χ4n) is 3.67. The monoisotopic (exact) mass is 449 g/mol. The Bertz CT molecular complexity index is 1290. The number of nitrogens with zero attached hydrogens (tertiary/aromatic N) is 2. The van der Waals surface area contributed by atoms with Gasteiger partial charge in [-0.1, -0.05) is 29.8 Å². The predicted molar refractivity (Wildman–Crippen MR) is 127 cm³/mol. The maximum Gasteiger partial charge on any atom is 0.255 e. The summed E-state index contributed by atoms with van der Waals surface area (Å²) in [4.78, 5) is 17.7. The summed E-state index contributed by atoms with van der Waals surface area (Å²) >= 11 is 6.22. The third-order valence-electron chi connectivity index (χ3n) is 5.30. The molecule has 2 heterocycles. The summed E-state index contributed by atoms with van der Waals surface area (Å²) in [6.07, 6.45) is 1.73. The van der Waals surface area contributed by atoms with Gasteiger partial charge < -0.3 is 19.4 Å². The maximum absolute atomic E-state index is 13.4. The van der Waals surface area contributed by atoms with Crippen molar-refractivity contribution >= 4 is 22.5 Å². The zero-order valence-electron chi connectivity index (χ0n) is 18.0. The molecule has 0 aliphatic heterocycles. The molecule has 0 bridgehead atoms. The molecule has 0 saturated heterocycles. The Morgan fingerprint density at radius 3 is 2.56 bits per heavy atom. The highest BCUT2D eigenvalue weighted by atomic mass is 35.5. The zero-order valence-corrected chi connectivity index (χ0v) is 18.7. The van der Waals surface area contributed by atoms with Crippen LogP contribution in [0, 0.1) is 0 Å². The molecule has 0 atom stereocenters. The van der Waals surface area contributed by atoms with E-state index in [-0.39, 0.29) is 5.56 Å². The van der Waals surface area contributed by atoms with Gasteiger partial charge in [-0.2, -0.15) is 0 Å². The van der Waals surface area contributed by atoms with E-state index in [1.165, 1.54) is 0 Å². The second kappa shape index (κ2) is 9.85. The Labute approximate surface area is 191 Å². The molecule has 0 aliphatic carbocycles. The molecule has 0 spiro atoms. The van der Waals surface area contributed by atoms with E-state index >= 15 is 0 Å². The first-order valence-electron chi connectivity index (χ1n) is 10.2. The van der Waals surface area contributed by atoms with Crippen molar-refractivity contribution in [3.8, 4) is 11.5 Å². The molecular weight excluding hydrogens is 426 g/mol. The van der Waals surface area contributed by atoms with Crippen molar-refractivity contribution in [2.75, 3.05) is 14.2 Å². The second-order valence-electron chi connectivity index (χ2n) is 7.37. The van der Waals surface area contributed by atoms with Crippen molar-refractivity contribution in [2.24, 2.45) is 0 Å². The van der Waals surface area contributed by atoms with Crippen LogP contribution in [0.2, 0.25) is 5.02 Å². The smallest absolute Gasteiger partial charge is 0.255 e. The van der Waals surface area contributed by atoms with Gasteiger partial charge in [0.05, 0.1) is 32.0 Å². The van der Waals surface area contributed by atoms with Crippen LogP contribution in [0.4, 0.5) is 0 Å². The molecule has 6 nitrogen and oxygen atoms in total. The number of halogens is 1. The fraction of sp³-hybridized carbons (Fsp3) is 0.200. The van der Waals surface area contributed by atoms with Crippen LogP contribution in [-0.4, -0.2) is 23.8 Å². The SMILES string of the molecule is COc1ccc(CNCc2cc3ccc(Cl)cc3n(Cc3ccccn3)c2=O)c(OC)c1. The van der Waals surface area contributed by atoms with Crippen LogP contribution < -0.4 is 20.3 Å². The summed E-state index contributed by atoms with van der Waals surface area (Å²) in [5, 5.41) is 4.90. The van der Waals surface area contributed by atoms with Crippen LogP contribution in [0.15, 0.2) is 71.7 Å². The average molecular weight is 450 g/mol. The van der Waals surface area contributed by atoms with Gasteiger partial charge in [-0.05, 0) is 41.8 Å². The largest absolute Gasteiger partial charge is 0.497 e. The van der Waals surface area contributed by atoms with Gasteiger partial charge >= 0.3 is 0 Å². The number of hydrogen-bond donors (Lipinski definition) is 1. The van der Waals surface area contributed by atoms with Crippen molar-refractivity contribution in [3.05, 3.63) is 99.1 Å². The number of methoxy groups -OCH3 is 2. The lowest BCUT2D eigenvalue weighted by Gasteiger charge is -2.14. The van der Waals surface area contributed by atoms with E-state index in [1.54, 1.807) is 25.0 Å².